The second-order valence-corrected chi connectivity index (χ2v) is 9.64. The van der Waals surface area contributed by atoms with Gasteiger partial charge in [-0.3, -0.25) is 14.6 Å². The minimum absolute atomic E-state index is 0.160. The summed E-state index contributed by atoms with van der Waals surface area (Å²) in [4.78, 5) is 16.7. The van der Waals surface area contributed by atoms with Crippen molar-refractivity contribution in [2.75, 3.05) is 32.7 Å². The van der Waals surface area contributed by atoms with Gasteiger partial charge < -0.3 is 5.11 Å². The number of benzene rings is 2. The highest BCUT2D eigenvalue weighted by atomic mass is 127. The fraction of sp³-hybridized carbons (Fsp3) is 0.300. The number of hydrazone groups is 1. The maximum Gasteiger partial charge on any atom is 0.254 e. The van der Waals surface area contributed by atoms with E-state index in [0.717, 1.165) is 44.9 Å². The molecular formula is C20H21ClI2N4O2. The van der Waals surface area contributed by atoms with Crippen LogP contribution >= 0.6 is 56.8 Å². The zero-order valence-corrected chi connectivity index (χ0v) is 20.7. The number of halogens is 3. The molecule has 0 atom stereocenters. The van der Waals surface area contributed by atoms with Crippen LogP contribution in [0.3, 0.4) is 0 Å². The summed E-state index contributed by atoms with van der Waals surface area (Å²) < 4.78 is 1.74. The van der Waals surface area contributed by atoms with Gasteiger partial charge in [0.25, 0.3) is 5.91 Å². The van der Waals surface area contributed by atoms with Gasteiger partial charge in [-0.05, 0) is 75.0 Å². The summed E-state index contributed by atoms with van der Waals surface area (Å²) >= 11 is 10.2. The number of phenols is 1. The predicted molar refractivity (Wildman–Crippen MR) is 132 cm³/mol. The Bertz CT molecular complexity index is 885. The van der Waals surface area contributed by atoms with Crippen LogP contribution in [0, 0.1) is 7.14 Å². The Morgan fingerprint density at radius 1 is 1.14 bits per heavy atom. The molecule has 1 fully saturated rings. The van der Waals surface area contributed by atoms with Gasteiger partial charge in [0.05, 0.1) is 16.3 Å². The summed E-state index contributed by atoms with van der Waals surface area (Å²) in [5, 5.41) is 14.8. The third-order valence-corrected chi connectivity index (χ3v) is 6.30. The van der Waals surface area contributed by atoms with Crippen molar-refractivity contribution in [3.63, 3.8) is 0 Å². The van der Waals surface area contributed by atoms with Crippen molar-refractivity contribution < 1.29 is 9.90 Å². The summed E-state index contributed by atoms with van der Waals surface area (Å²) in [6.07, 6.45) is 1.47. The van der Waals surface area contributed by atoms with Crippen molar-refractivity contribution in [1.29, 1.82) is 0 Å². The first-order chi connectivity index (χ1) is 13.9. The zero-order chi connectivity index (χ0) is 20.8. The van der Waals surface area contributed by atoms with Gasteiger partial charge in [-0.1, -0.05) is 23.7 Å². The Hall–Kier alpha value is -0.950. The SMILES string of the molecule is O=C(CN1CCN(Cc2ccc(Cl)cc2)CC1)N/N=C\c1cc(I)cc(I)c1O. The smallest absolute Gasteiger partial charge is 0.254 e. The molecule has 1 aliphatic rings. The highest BCUT2D eigenvalue weighted by Crippen LogP contribution is 2.25. The molecule has 6 nitrogen and oxygen atoms in total. The summed E-state index contributed by atoms with van der Waals surface area (Å²) in [5.74, 6) is 0.00744. The second-order valence-electron chi connectivity index (χ2n) is 6.80. The van der Waals surface area contributed by atoms with Crippen LogP contribution in [0.2, 0.25) is 5.02 Å². The number of aromatic hydroxyl groups is 1. The van der Waals surface area contributed by atoms with Crippen molar-refractivity contribution in [3.05, 3.63) is 59.7 Å². The number of hydrogen-bond acceptors (Lipinski definition) is 5. The molecule has 2 aromatic carbocycles. The molecule has 0 bridgehead atoms. The maximum absolute atomic E-state index is 12.2. The molecule has 1 aliphatic heterocycles. The monoisotopic (exact) mass is 638 g/mol. The quantitative estimate of drug-likeness (QED) is 0.289. The third kappa shape index (κ3) is 7.06. The van der Waals surface area contributed by atoms with E-state index in [9.17, 15) is 9.90 Å². The molecule has 0 unspecified atom stereocenters. The van der Waals surface area contributed by atoms with Crippen LogP contribution in [0.1, 0.15) is 11.1 Å². The highest BCUT2D eigenvalue weighted by molar-refractivity contribution is 14.1. The van der Waals surface area contributed by atoms with Crippen molar-refractivity contribution in [2.24, 2.45) is 5.10 Å². The van der Waals surface area contributed by atoms with Crippen molar-refractivity contribution >= 4 is 68.9 Å². The Balaban J connectivity index is 1.42. The summed E-state index contributed by atoms with van der Waals surface area (Å²) in [6, 6.07) is 11.6. The third-order valence-electron chi connectivity index (χ3n) is 4.60. The summed E-state index contributed by atoms with van der Waals surface area (Å²) in [5.41, 5.74) is 4.37. The summed E-state index contributed by atoms with van der Waals surface area (Å²) in [7, 11) is 0. The van der Waals surface area contributed by atoms with Crippen LogP contribution in [-0.2, 0) is 11.3 Å². The Morgan fingerprint density at radius 3 is 2.48 bits per heavy atom. The molecule has 0 saturated carbocycles. The Labute approximate surface area is 202 Å². The van der Waals surface area contributed by atoms with Gasteiger partial charge in [-0.2, -0.15) is 5.10 Å². The lowest BCUT2D eigenvalue weighted by Crippen LogP contribution is -2.48. The minimum atomic E-state index is -0.160. The number of phenolic OH excluding ortho intramolecular Hbond substituents is 1. The molecule has 2 N–H and O–H groups in total. The fourth-order valence-electron chi connectivity index (χ4n) is 3.05. The van der Waals surface area contributed by atoms with Crippen molar-refractivity contribution in [3.8, 4) is 5.75 Å². The molecule has 9 heteroatoms. The van der Waals surface area contributed by atoms with E-state index in [1.54, 1.807) is 0 Å². The zero-order valence-electron chi connectivity index (χ0n) is 15.6. The van der Waals surface area contributed by atoms with Crippen molar-refractivity contribution in [2.45, 2.75) is 6.54 Å². The molecule has 0 radical (unpaired) electrons. The predicted octanol–water partition coefficient (Wildman–Crippen LogP) is 3.52. The van der Waals surface area contributed by atoms with Gasteiger partial charge in [0, 0.05) is 46.9 Å². The van der Waals surface area contributed by atoms with E-state index in [4.69, 9.17) is 11.6 Å². The standard InChI is InChI=1S/C20H21ClI2N4O2/c21-16-3-1-14(2-4-16)12-26-5-7-27(8-6-26)13-19(28)25-24-11-15-9-17(22)10-18(23)20(15)29/h1-4,9-11,29H,5-8,12-13H2,(H,25,28)/b24-11-. The summed E-state index contributed by atoms with van der Waals surface area (Å²) in [6.45, 7) is 4.69. The topological polar surface area (TPSA) is 68.2 Å². The van der Waals surface area contributed by atoms with E-state index in [0.29, 0.717) is 12.1 Å². The largest absolute Gasteiger partial charge is 0.506 e. The van der Waals surface area contributed by atoms with Crippen LogP contribution in [0.15, 0.2) is 41.5 Å². The average Bonchev–Trinajstić information content (AvgIpc) is 2.69. The lowest BCUT2D eigenvalue weighted by molar-refractivity contribution is -0.122. The van der Waals surface area contributed by atoms with E-state index in [-0.39, 0.29) is 11.7 Å². The van der Waals surface area contributed by atoms with Gasteiger partial charge >= 0.3 is 0 Å². The molecule has 154 valence electrons. The molecule has 3 rings (SSSR count). The van der Waals surface area contributed by atoms with E-state index >= 15 is 0 Å². The van der Waals surface area contributed by atoms with Crippen LogP contribution in [-0.4, -0.2) is 59.8 Å². The number of rotatable bonds is 6. The molecule has 0 aromatic heterocycles. The lowest BCUT2D eigenvalue weighted by Gasteiger charge is -2.34. The number of amides is 1. The molecule has 1 amide bonds. The van der Waals surface area contributed by atoms with E-state index in [1.165, 1.54) is 11.8 Å². The number of piperazine rings is 1. The lowest BCUT2D eigenvalue weighted by atomic mass is 10.2. The number of nitrogens with one attached hydrogen (secondary N) is 1. The van der Waals surface area contributed by atoms with E-state index in [2.05, 4.69) is 65.5 Å². The van der Waals surface area contributed by atoms with Crippen LogP contribution in [0.4, 0.5) is 0 Å². The first-order valence-electron chi connectivity index (χ1n) is 9.10. The molecule has 1 saturated heterocycles. The van der Waals surface area contributed by atoms with Gasteiger partial charge in [-0.15, -0.1) is 0 Å². The van der Waals surface area contributed by atoms with Gasteiger partial charge in [-0.25, -0.2) is 5.43 Å². The number of hydrogen-bond donors (Lipinski definition) is 2. The second kappa shape index (κ2) is 10.9. The van der Waals surface area contributed by atoms with Gasteiger partial charge in [0.15, 0.2) is 0 Å². The minimum Gasteiger partial charge on any atom is -0.506 e. The Morgan fingerprint density at radius 2 is 1.79 bits per heavy atom. The van der Waals surface area contributed by atoms with E-state index < -0.39 is 0 Å². The Kier molecular flexibility index (Phi) is 8.54. The number of nitrogens with zero attached hydrogens (tertiary/aromatic N) is 3. The average molecular weight is 639 g/mol. The van der Waals surface area contributed by atoms with Crippen LogP contribution in [0.5, 0.6) is 5.75 Å². The van der Waals surface area contributed by atoms with Gasteiger partial charge in [0.1, 0.15) is 5.75 Å². The molecule has 0 spiro atoms. The fourth-order valence-corrected chi connectivity index (χ4v) is 5.07. The van der Waals surface area contributed by atoms with Crippen LogP contribution < -0.4 is 5.43 Å². The maximum atomic E-state index is 12.2. The number of carbonyl (C=O) groups excluding carboxylic acids is 1. The van der Waals surface area contributed by atoms with Crippen LogP contribution in [0.25, 0.3) is 0 Å². The molecule has 2 aromatic rings. The highest BCUT2D eigenvalue weighted by Gasteiger charge is 2.19. The molecule has 29 heavy (non-hydrogen) atoms. The van der Waals surface area contributed by atoms with E-state index in [1.807, 2.05) is 36.4 Å². The first kappa shape index (κ1) is 22.7. The molecule has 0 aliphatic carbocycles. The van der Waals surface area contributed by atoms with Crippen molar-refractivity contribution in [1.82, 2.24) is 15.2 Å². The first-order valence-corrected chi connectivity index (χ1v) is 11.6. The van der Waals surface area contributed by atoms with Gasteiger partial charge in [0.2, 0.25) is 0 Å². The normalized spacial score (nSPS) is 15.7. The molecule has 1 heterocycles. The number of carbonyl (C=O) groups is 1. The molecular weight excluding hydrogens is 618 g/mol.